The van der Waals surface area contributed by atoms with E-state index in [1.54, 1.807) is 6.07 Å². The van der Waals surface area contributed by atoms with E-state index in [4.69, 9.17) is 0 Å². The van der Waals surface area contributed by atoms with Gasteiger partial charge in [-0.2, -0.15) is 0 Å². The maximum absolute atomic E-state index is 14.7. The summed E-state index contributed by atoms with van der Waals surface area (Å²) in [6, 6.07) is 6.80. The van der Waals surface area contributed by atoms with E-state index in [1.165, 1.54) is 55.2 Å². The number of benzene rings is 2. The lowest BCUT2D eigenvalue weighted by molar-refractivity contribution is -0.0884. The molecule has 36 heavy (non-hydrogen) atoms. The van der Waals surface area contributed by atoms with Gasteiger partial charge in [-0.25, -0.2) is 13.2 Å². The van der Waals surface area contributed by atoms with Crippen molar-refractivity contribution in [3.63, 3.8) is 0 Å². The average molecular weight is 611 g/mol. The summed E-state index contributed by atoms with van der Waals surface area (Å²) >= 11 is 1.95. The van der Waals surface area contributed by atoms with Crippen LogP contribution in [-0.4, -0.2) is 47.2 Å². The fourth-order valence-electron chi connectivity index (χ4n) is 7.23. The van der Waals surface area contributed by atoms with Crippen LogP contribution in [0.4, 0.5) is 24.5 Å². The third-order valence-corrected chi connectivity index (χ3v) is 9.34. The number of halogens is 4. The molecule has 5 nitrogen and oxygen atoms in total. The molecule has 0 radical (unpaired) electrons. The Morgan fingerprint density at radius 1 is 1.00 bits per heavy atom. The van der Waals surface area contributed by atoms with Crippen molar-refractivity contribution < 1.29 is 23.1 Å². The fourth-order valence-corrected chi connectivity index (χ4v) is 7.69. The molecule has 9 heteroatoms. The minimum absolute atomic E-state index is 0.0612. The van der Waals surface area contributed by atoms with Gasteiger partial charge in [0.1, 0.15) is 11.4 Å². The lowest BCUT2D eigenvalue weighted by atomic mass is 9.54. The Kier molecular flexibility index (Phi) is 6.23. The van der Waals surface area contributed by atoms with Gasteiger partial charge in [-0.15, -0.1) is 0 Å². The number of rotatable bonds is 6. The van der Waals surface area contributed by atoms with E-state index in [-0.39, 0.29) is 24.3 Å². The topological polar surface area (TPSA) is 64.6 Å². The average Bonchev–Trinajstić information content (AvgIpc) is 2.80. The minimum Gasteiger partial charge on any atom is -0.385 e. The first-order valence-electron chi connectivity index (χ1n) is 12.6. The SMILES string of the molecule is O=C(c1ccc(F)c(F)c1Nc1ccc(I)cc1F)N1CC(O)(CNC2[C@H]3C[C@@H]4C[C@@H](C[C@H]2C4)C3)C1. The van der Waals surface area contributed by atoms with Crippen molar-refractivity contribution >= 4 is 39.9 Å². The lowest BCUT2D eigenvalue weighted by Gasteiger charge is -2.55. The molecule has 7 rings (SSSR count). The molecule has 4 saturated carbocycles. The Hall–Kier alpha value is -1.85. The van der Waals surface area contributed by atoms with Crippen LogP contribution in [0, 0.1) is 44.7 Å². The highest BCUT2D eigenvalue weighted by Gasteiger charge is 2.50. The second kappa shape index (κ2) is 9.16. The van der Waals surface area contributed by atoms with Crippen LogP contribution in [0.2, 0.25) is 0 Å². The van der Waals surface area contributed by atoms with E-state index in [9.17, 15) is 23.1 Å². The summed E-state index contributed by atoms with van der Waals surface area (Å²) in [6.45, 7) is 0.603. The van der Waals surface area contributed by atoms with Crippen LogP contribution in [0.1, 0.15) is 42.5 Å². The summed E-state index contributed by atoms with van der Waals surface area (Å²) in [5.41, 5.74) is -1.64. The number of hydrogen-bond donors (Lipinski definition) is 3. The molecule has 2 aromatic rings. The normalized spacial score (nSPS) is 29.8. The van der Waals surface area contributed by atoms with Gasteiger partial charge in [0.05, 0.1) is 30.0 Å². The maximum atomic E-state index is 14.7. The van der Waals surface area contributed by atoms with Crippen molar-refractivity contribution in [1.29, 1.82) is 0 Å². The zero-order valence-electron chi connectivity index (χ0n) is 19.7. The summed E-state index contributed by atoms with van der Waals surface area (Å²) in [5, 5.41) is 17.2. The molecule has 1 amide bonds. The largest absolute Gasteiger partial charge is 0.385 e. The molecule has 0 atom stereocenters. The molecule has 3 N–H and O–H groups in total. The van der Waals surface area contributed by atoms with E-state index in [1.807, 2.05) is 22.6 Å². The first-order chi connectivity index (χ1) is 17.2. The zero-order valence-corrected chi connectivity index (χ0v) is 21.9. The highest BCUT2D eigenvalue weighted by Crippen LogP contribution is 2.53. The number of carbonyl (C=O) groups excluding carboxylic acids is 1. The first kappa shape index (κ1) is 24.5. The fraction of sp³-hybridized carbons (Fsp3) is 0.519. The first-order valence-corrected chi connectivity index (χ1v) is 13.7. The second-order valence-corrected chi connectivity index (χ2v) is 12.5. The molecule has 0 spiro atoms. The van der Waals surface area contributed by atoms with Crippen LogP contribution in [0.3, 0.4) is 0 Å². The monoisotopic (exact) mass is 611 g/mol. The Bertz CT molecular complexity index is 1180. The Balaban J connectivity index is 1.13. The van der Waals surface area contributed by atoms with Crippen molar-refractivity contribution in [1.82, 2.24) is 10.2 Å². The van der Waals surface area contributed by atoms with Crippen molar-refractivity contribution in [3.8, 4) is 0 Å². The second-order valence-electron chi connectivity index (χ2n) is 11.3. The smallest absolute Gasteiger partial charge is 0.256 e. The predicted octanol–water partition coefficient (Wildman–Crippen LogP) is 5.05. The Morgan fingerprint density at radius 2 is 1.67 bits per heavy atom. The zero-order chi connectivity index (χ0) is 25.2. The standard InChI is InChI=1S/C27H29F3IN3O2/c28-20-3-2-19(25(23(20)30)33-22-4-1-18(31)10-21(22)29)26(35)34-12-27(36,13-34)11-32-24-16-6-14-5-15(8-16)9-17(24)7-14/h1-4,10,14-17,24,32-33,36H,5-9,11-13H2/t14-,15+,16-,17+,24?. The van der Waals surface area contributed by atoms with Gasteiger partial charge in [0, 0.05) is 16.2 Å². The van der Waals surface area contributed by atoms with Crippen LogP contribution in [0.25, 0.3) is 0 Å². The quantitative estimate of drug-likeness (QED) is 0.401. The number of nitrogens with one attached hydrogen (secondary N) is 2. The van der Waals surface area contributed by atoms with E-state index < -0.39 is 34.6 Å². The van der Waals surface area contributed by atoms with E-state index in [0.29, 0.717) is 28.0 Å². The number of aliphatic hydroxyl groups is 1. The molecule has 0 unspecified atom stereocenters. The minimum atomic E-state index is -1.25. The molecule has 5 aliphatic rings. The summed E-state index contributed by atoms with van der Waals surface area (Å²) in [7, 11) is 0. The molecule has 5 fully saturated rings. The lowest BCUT2D eigenvalue weighted by Crippen LogP contribution is -2.69. The number of carbonyl (C=O) groups is 1. The van der Waals surface area contributed by atoms with Gasteiger partial charge in [-0.3, -0.25) is 4.79 Å². The van der Waals surface area contributed by atoms with Crippen molar-refractivity contribution in [2.45, 2.75) is 43.7 Å². The third kappa shape index (κ3) is 4.41. The molecule has 1 saturated heterocycles. The highest BCUT2D eigenvalue weighted by molar-refractivity contribution is 14.1. The van der Waals surface area contributed by atoms with Crippen LogP contribution in [0.15, 0.2) is 30.3 Å². The molecule has 4 aliphatic carbocycles. The van der Waals surface area contributed by atoms with Gasteiger partial charge in [0.25, 0.3) is 5.91 Å². The van der Waals surface area contributed by atoms with Crippen molar-refractivity contribution in [3.05, 3.63) is 56.9 Å². The summed E-state index contributed by atoms with van der Waals surface area (Å²) in [6.07, 6.45) is 6.50. The van der Waals surface area contributed by atoms with Crippen LogP contribution >= 0.6 is 22.6 Å². The molecule has 1 heterocycles. The molecule has 0 aromatic heterocycles. The van der Waals surface area contributed by atoms with Gasteiger partial charge >= 0.3 is 0 Å². The molecular weight excluding hydrogens is 582 g/mol. The summed E-state index contributed by atoms with van der Waals surface area (Å²) in [5.74, 6) is -0.465. The number of likely N-dealkylation sites (tertiary alicyclic amines) is 1. The van der Waals surface area contributed by atoms with Gasteiger partial charge in [-0.05, 0) is 109 Å². The molecule has 1 aliphatic heterocycles. The third-order valence-electron chi connectivity index (χ3n) is 8.67. The molecule has 192 valence electrons. The summed E-state index contributed by atoms with van der Waals surface area (Å²) < 4.78 is 43.8. The van der Waals surface area contributed by atoms with Gasteiger partial charge in [-0.1, -0.05) is 0 Å². The number of hydrogen-bond acceptors (Lipinski definition) is 4. The highest BCUT2D eigenvalue weighted by atomic mass is 127. The van der Waals surface area contributed by atoms with Gasteiger partial charge in [0.2, 0.25) is 0 Å². The van der Waals surface area contributed by atoms with Crippen molar-refractivity contribution in [2.75, 3.05) is 25.0 Å². The van der Waals surface area contributed by atoms with E-state index >= 15 is 0 Å². The number of nitrogens with zero attached hydrogens (tertiary/aromatic N) is 1. The molecular formula is C27H29F3IN3O2. The van der Waals surface area contributed by atoms with Gasteiger partial charge in [0.15, 0.2) is 11.6 Å². The number of amides is 1. The van der Waals surface area contributed by atoms with E-state index in [0.717, 1.165) is 17.9 Å². The van der Waals surface area contributed by atoms with Crippen molar-refractivity contribution in [2.24, 2.45) is 23.7 Å². The predicted molar refractivity (Wildman–Crippen MR) is 138 cm³/mol. The van der Waals surface area contributed by atoms with Crippen LogP contribution in [0.5, 0.6) is 0 Å². The van der Waals surface area contributed by atoms with Crippen LogP contribution in [-0.2, 0) is 0 Å². The number of β-amino-alcohol motifs (C(OH)–C–C–N with tert-alkyl or cyclic N) is 1. The van der Waals surface area contributed by atoms with Crippen LogP contribution < -0.4 is 10.6 Å². The van der Waals surface area contributed by atoms with E-state index in [2.05, 4.69) is 10.6 Å². The summed E-state index contributed by atoms with van der Waals surface area (Å²) in [4.78, 5) is 14.6. The molecule has 2 aromatic carbocycles. The Morgan fingerprint density at radius 3 is 2.31 bits per heavy atom. The molecule has 4 bridgehead atoms. The number of anilines is 2. The maximum Gasteiger partial charge on any atom is 0.256 e. The van der Waals surface area contributed by atoms with Gasteiger partial charge < -0.3 is 20.6 Å². The Labute approximate surface area is 222 Å².